The van der Waals surface area contributed by atoms with Gasteiger partial charge in [0.2, 0.25) is 5.75 Å². The number of benzene rings is 3. The van der Waals surface area contributed by atoms with Gasteiger partial charge in [-0.25, -0.2) is 9.66 Å². The molecule has 170 valence electrons. The molecular weight excluding hydrogens is 490 g/mol. The SMILES string of the molecule is COc1cc(-c2nc3ccccc3c(=O)n2NCc2cc(Br)ccc2O)cc(OC)c1OC. The van der Waals surface area contributed by atoms with Crippen molar-refractivity contribution < 1.29 is 19.3 Å². The molecule has 1 heterocycles. The Balaban J connectivity index is 1.91. The number of aromatic nitrogens is 2. The van der Waals surface area contributed by atoms with Crippen molar-refractivity contribution in [2.24, 2.45) is 0 Å². The Bertz CT molecular complexity index is 1360. The third kappa shape index (κ3) is 4.31. The Labute approximate surface area is 198 Å². The molecule has 0 spiro atoms. The van der Waals surface area contributed by atoms with Gasteiger partial charge < -0.3 is 24.7 Å². The van der Waals surface area contributed by atoms with E-state index >= 15 is 0 Å². The number of aromatic hydroxyl groups is 1. The first-order chi connectivity index (χ1) is 16.0. The van der Waals surface area contributed by atoms with Crippen molar-refractivity contribution in [2.45, 2.75) is 6.54 Å². The van der Waals surface area contributed by atoms with Crippen LogP contribution in [0, 0.1) is 0 Å². The first-order valence-electron chi connectivity index (χ1n) is 10.00. The molecule has 0 fully saturated rings. The predicted molar refractivity (Wildman–Crippen MR) is 130 cm³/mol. The van der Waals surface area contributed by atoms with Crippen LogP contribution < -0.4 is 25.2 Å². The molecule has 4 rings (SSSR count). The molecule has 0 bridgehead atoms. The number of fused-ring (bicyclic) bond motifs is 1. The van der Waals surface area contributed by atoms with E-state index in [0.717, 1.165) is 4.47 Å². The Morgan fingerprint density at radius 2 is 1.70 bits per heavy atom. The molecule has 1 aromatic heterocycles. The molecule has 4 aromatic rings. The summed E-state index contributed by atoms with van der Waals surface area (Å²) in [6, 6.07) is 15.7. The fraction of sp³-hybridized carbons (Fsp3) is 0.167. The summed E-state index contributed by atoms with van der Waals surface area (Å²) in [5, 5.41) is 10.7. The van der Waals surface area contributed by atoms with E-state index in [4.69, 9.17) is 19.2 Å². The second kappa shape index (κ2) is 9.41. The topological polar surface area (TPSA) is 94.8 Å². The van der Waals surface area contributed by atoms with Gasteiger partial charge in [-0.2, -0.15) is 0 Å². The van der Waals surface area contributed by atoms with Crippen LogP contribution in [0.3, 0.4) is 0 Å². The summed E-state index contributed by atoms with van der Waals surface area (Å²) in [5.74, 6) is 1.77. The lowest BCUT2D eigenvalue weighted by atomic mass is 10.1. The number of nitrogens with zero attached hydrogens (tertiary/aromatic N) is 2. The standard InChI is InChI=1S/C24H22BrN3O5/c1-31-20-11-14(12-21(32-2)22(20)33-3)23-27-18-7-5-4-6-17(18)24(30)28(23)26-13-15-10-16(25)8-9-19(15)29/h4-12,26,29H,13H2,1-3H3. The fourth-order valence-electron chi connectivity index (χ4n) is 3.54. The molecule has 0 unspecified atom stereocenters. The number of ether oxygens (including phenoxy) is 3. The highest BCUT2D eigenvalue weighted by Crippen LogP contribution is 2.40. The van der Waals surface area contributed by atoms with Crippen LogP contribution in [0.15, 0.2) is 63.9 Å². The van der Waals surface area contributed by atoms with Crippen LogP contribution in [0.2, 0.25) is 0 Å². The first-order valence-corrected chi connectivity index (χ1v) is 10.8. The molecule has 0 radical (unpaired) electrons. The number of phenolic OH excluding ortho intramolecular Hbond substituents is 1. The van der Waals surface area contributed by atoms with Crippen molar-refractivity contribution in [3.8, 4) is 34.4 Å². The molecule has 0 aliphatic carbocycles. The molecule has 8 nitrogen and oxygen atoms in total. The van der Waals surface area contributed by atoms with Crippen molar-refractivity contribution in [1.29, 1.82) is 0 Å². The van der Waals surface area contributed by atoms with E-state index in [2.05, 4.69) is 21.4 Å². The van der Waals surface area contributed by atoms with Gasteiger partial charge in [0.25, 0.3) is 5.56 Å². The minimum atomic E-state index is -0.279. The van der Waals surface area contributed by atoms with Crippen molar-refractivity contribution in [1.82, 2.24) is 9.66 Å². The van der Waals surface area contributed by atoms with Gasteiger partial charge in [-0.3, -0.25) is 4.79 Å². The molecule has 3 aromatic carbocycles. The number of para-hydroxylation sites is 1. The Morgan fingerprint density at radius 3 is 2.36 bits per heavy atom. The van der Waals surface area contributed by atoms with Crippen LogP contribution in [0.4, 0.5) is 0 Å². The summed E-state index contributed by atoms with van der Waals surface area (Å²) >= 11 is 3.41. The lowest BCUT2D eigenvalue weighted by molar-refractivity contribution is 0.324. The van der Waals surface area contributed by atoms with Crippen LogP contribution in [0.25, 0.3) is 22.3 Å². The smallest absolute Gasteiger partial charge is 0.280 e. The number of halogens is 1. The zero-order valence-corrected chi connectivity index (χ0v) is 19.8. The molecule has 0 saturated carbocycles. The highest BCUT2D eigenvalue weighted by atomic mass is 79.9. The lowest BCUT2D eigenvalue weighted by Gasteiger charge is -2.18. The van der Waals surface area contributed by atoms with Gasteiger partial charge in [0.1, 0.15) is 5.75 Å². The van der Waals surface area contributed by atoms with Crippen LogP contribution in [0.1, 0.15) is 5.56 Å². The van der Waals surface area contributed by atoms with Gasteiger partial charge in [-0.05, 0) is 42.5 Å². The van der Waals surface area contributed by atoms with E-state index in [9.17, 15) is 9.90 Å². The maximum absolute atomic E-state index is 13.4. The van der Waals surface area contributed by atoms with Gasteiger partial charge >= 0.3 is 0 Å². The summed E-state index contributed by atoms with van der Waals surface area (Å²) in [6.07, 6.45) is 0. The second-order valence-electron chi connectivity index (χ2n) is 7.12. The van der Waals surface area contributed by atoms with Gasteiger partial charge in [0.15, 0.2) is 17.3 Å². The molecule has 0 aliphatic rings. The van der Waals surface area contributed by atoms with Gasteiger partial charge in [0, 0.05) is 15.6 Å². The minimum Gasteiger partial charge on any atom is -0.508 e. The maximum atomic E-state index is 13.4. The number of hydrogen-bond acceptors (Lipinski definition) is 7. The molecule has 0 amide bonds. The lowest BCUT2D eigenvalue weighted by Crippen LogP contribution is -2.31. The quantitative estimate of drug-likeness (QED) is 0.381. The second-order valence-corrected chi connectivity index (χ2v) is 8.03. The summed E-state index contributed by atoms with van der Waals surface area (Å²) in [6.45, 7) is 0.183. The van der Waals surface area contributed by atoms with E-state index in [1.807, 2.05) is 6.07 Å². The van der Waals surface area contributed by atoms with Gasteiger partial charge in [-0.15, -0.1) is 0 Å². The maximum Gasteiger partial charge on any atom is 0.280 e. The van der Waals surface area contributed by atoms with E-state index in [0.29, 0.717) is 45.1 Å². The molecule has 0 atom stereocenters. The van der Waals surface area contributed by atoms with Crippen LogP contribution in [-0.2, 0) is 6.54 Å². The average Bonchev–Trinajstić information content (AvgIpc) is 2.84. The monoisotopic (exact) mass is 511 g/mol. The summed E-state index contributed by atoms with van der Waals surface area (Å²) in [5.41, 5.74) is 4.57. The van der Waals surface area contributed by atoms with E-state index < -0.39 is 0 Å². The summed E-state index contributed by atoms with van der Waals surface area (Å²) < 4.78 is 18.5. The zero-order chi connectivity index (χ0) is 23.5. The van der Waals surface area contributed by atoms with Crippen molar-refractivity contribution in [3.63, 3.8) is 0 Å². The van der Waals surface area contributed by atoms with Crippen molar-refractivity contribution in [2.75, 3.05) is 26.8 Å². The number of rotatable bonds is 7. The highest BCUT2D eigenvalue weighted by Gasteiger charge is 2.19. The Morgan fingerprint density at radius 1 is 1.00 bits per heavy atom. The highest BCUT2D eigenvalue weighted by molar-refractivity contribution is 9.10. The Hall–Kier alpha value is -3.72. The van der Waals surface area contributed by atoms with Crippen LogP contribution >= 0.6 is 15.9 Å². The van der Waals surface area contributed by atoms with E-state index in [-0.39, 0.29) is 17.9 Å². The Kier molecular flexibility index (Phi) is 6.41. The first kappa shape index (κ1) is 22.5. The molecular formula is C24H22BrN3O5. The van der Waals surface area contributed by atoms with E-state index in [1.165, 1.54) is 26.0 Å². The molecule has 0 saturated heterocycles. The number of hydrogen-bond donors (Lipinski definition) is 2. The van der Waals surface area contributed by atoms with E-state index in [1.54, 1.807) is 48.5 Å². The van der Waals surface area contributed by atoms with Crippen molar-refractivity contribution >= 4 is 26.8 Å². The number of phenols is 1. The normalized spacial score (nSPS) is 10.8. The molecule has 0 aliphatic heterocycles. The summed E-state index contributed by atoms with van der Waals surface area (Å²) in [7, 11) is 4.57. The number of nitrogens with one attached hydrogen (secondary N) is 1. The molecule has 2 N–H and O–H groups in total. The van der Waals surface area contributed by atoms with Crippen molar-refractivity contribution in [3.05, 3.63) is 75.0 Å². The average molecular weight is 512 g/mol. The van der Waals surface area contributed by atoms with Gasteiger partial charge in [0.05, 0.1) is 38.8 Å². The predicted octanol–water partition coefficient (Wildman–Crippen LogP) is 4.30. The molecule has 33 heavy (non-hydrogen) atoms. The third-order valence-electron chi connectivity index (χ3n) is 5.17. The van der Waals surface area contributed by atoms with Gasteiger partial charge in [-0.1, -0.05) is 28.1 Å². The fourth-order valence-corrected chi connectivity index (χ4v) is 3.95. The van der Waals surface area contributed by atoms with Crippen LogP contribution in [-0.4, -0.2) is 36.1 Å². The van der Waals surface area contributed by atoms with Crippen LogP contribution in [0.5, 0.6) is 23.0 Å². The third-order valence-corrected chi connectivity index (χ3v) is 5.66. The minimum absolute atomic E-state index is 0.113. The number of methoxy groups -OCH3 is 3. The largest absolute Gasteiger partial charge is 0.508 e. The molecule has 9 heteroatoms. The zero-order valence-electron chi connectivity index (χ0n) is 18.3. The summed E-state index contributed by atoms with van der Waals surface area (Å²) in [4.78, 5) is 18.2.